The zero-order valence-electron chi connectivity index (χ0n) is 19.2. The van der Waals surface area contributed by atoms with Gasteiger partial charge in [0.15, 0.2) is 0 Å². The molecular formula is C26H26N6O2. The number of aryl methyl sites for hydroxylation is 1. The summed E-state index contributed by atoms with van der Waals surface area (Å²) < 4.78 is 6.35. The van der Waals surface area contributed by atoms with Crippen LogP contribution in [0, 0.1) is 4.91 Å². The third-order valence-corrected chi connectivity index (χ3v) is 6.08. The van der Waals surface area contributed by atoms with Crippen molar-refractivity contribution in [2.45, 2.75) is 18.9 Å². The molecule has 0 radical (unpaired) electrons. The van der Waals surface area contributed by atoms with Crippen LogP contribution in [0.5, 0.6) is 0 Å². The first-order valence-electron chi connectivity index (χ1n) is 11.3. The third-order valence-electron chi connectivity index (χ3n) is 6.08. The van der Waals surface area contributed by atoms with Gasteiger partial charge in [0.25, 0.3) is 0 Å². The number of nitrogens with zero attached hydrogens (tertiary/aromatic N) is 5. The predicted molar refractivity (Wildman–Crippen MR) is 132 cm³/mol. The van der Waals surface area contributed by atoms with Crippen molar-refractivity contribution in [1.82, 2.24) is 19.9 Å². The highest BCUT2D eigenvalue weighted by Gasteiger charge is 2.25. The average Bonchev–Trinajstić information content (AvgIpc) is 3.49. The van der Waals surface area contributed by atoms with Gasteiger partial charge < -0.3 is 14.6 Å². The topological polar surface area (TPSA) is 96.5 Å². The Balaban J connectivity index is 1.49. The zero-order chi connectivity index (χ0) is 23.5. The molecule has 8 nitrogen and oxygen atoms in total. The van der Waals surface area contributed by atoms with Crippen LogP contribution in [-0.2, 0) is 6.42 Å². The summed E-state index contributed by atoms with van der Waals surface area (Å²) in [5.41, 5.74) is 5.94. The molecular weight excluding hydrogens is 428 g/mol. The molecule has 0 bridgehead atoms. The number of anilines is 1. The summed E-state index contributed by atoms with van der Waals surface area (Å²) in [4.78, 5) is 26.3. The summed E-state index contributed by atoms with van der Waals surface area (Å²) >= 11 is 0. The Morgan fingerprint density at radius 1 is 1.06 bits per heavy atom. The summed E-state index contributed by atoms with van der Waals surface area (Å²) in [6.45, 7) is 1.66. The lowest BCUT2D eigenvalue weighted by Crippen LogP contribution is -2.21. The van der Waals surface area contributed by atoms with Crippen LogP contribution < -0.4 is 5.32 Å². The Hall–Kier alpha value is -3.91. The second-order valence-electron chi connectivity index (χ2n) is 8.69. The molecule has 4 aromatic rings. The molecule has 3 heterocycles. The molecule has 1 N–H and O–H groups in total. The molecule has 0 saturated carbocycles. The van der Waals surface area contributed by atoms with Crippen LogP contribution in [0.15, 0.2) is 70.8 Å². The van der Waals surface area contributed by atoms with Gasteiger partial charge in [0.1, 0.15) is 17.6 Å². The van der Waals surface area contributed by atoms with Gasteiger partial charge in [-0.1, -0.05) is 23.4 Å². The van der Waals surface area contributed by atoms with Crippen LogP contribution in [0.1, 0.15) is 23.6 Å². The van der Waals surface area contributed by atoms with Gasteiger partial charge >= 0.3 is 0 Å². The zero-order valence-corrected chi connectivity index (χ0v) is 19.2. The molecule has 8 heteroatoms. The molecule has 1 aliphatic carbocycles. The predicted octanol–water partition coefficient (Wildman–Crippen LogP) is 5.19. The molecule has 34 heavy (non-hydrogen) atoms. The molecule has 1 unspecified atom stereocenters. The maximum absolute atomic E-state index is 11.1. The quantitative estimate of drug-likeness (QED) is 0.366. The lowest BCUT2D eigenvalue weighted by Gasteiger charge is -2.10. The molecule has 3 aromatic heterocycles. The third kappa shape index (κ3) is 4.45. The van der Waals surface area contributed by atoms with Crippen molar-refractivity contribution in [3.05, 3.63) is 77.2 Å². The van der Waals surface area contributed by atoms with Gasteiger partial charge in [-0.3, -0.25) is 4.98 Å². The number of aromatic nitrogens is 3. The first kappa shape index (κ1) is 21.9. The molecule has 5 rings (SSSR count). The number of nitrogens with one attached hydrogen (secondary N) is 1. The van der Waals surface area contributed by atoms with E-state index in [0.29, 0.717) is 11.7 Å². The number of hydrogen-bond donors (Lipinski definition) is 1. The number of nitroso groups, excluding NO2 is 1. The molecule has 1 atom stereocenters. The minimum absolute atomic E-state index is 0.245. The Morgan fingerprint density at radius 3 is 2.59 bits per heavy atom. The first-order chi connectivity index (χ1) is 16.6. The Kier molecular flexibility index (Phi) is 6.14. The highest BCUT2D eigenvalue weighted by atomic mass is 16.3. The van der Waals surface area contributed by atoms with Gasteiger partial charge in [-0.2, -0.15) is 4.91 Å². The van der Waals surface area contributed by atoms with Gasteiger partial charge in [0, 0.05) is 49.0 Å². The summed E-state index contributed by atoms with van der Waals surface area (Å²) in [6.07, 6.45) is 8.66. The number of rotatable bonds is 8. The van der Waals surface area contributed by atoms with Crippen LogP contribution >= 0.6 is 0 Å². The number of pyridine rings is 1. The summed E-state index contributed by atoms with van der Waals surface area (Å²) in [7, 11) is 4.05. The monoisotopic (exact) mass is 454 g/mol. The van der Waals surface area contributed by atoms with E-state index in [1.165, 1.54) is 5.56 Å². The molecule has 172 valence electrons. The molecule has 0 aliphatic heterocycles. The number of hydrogen-bond acceptors (Lipinski definition) is 8. The van der Waals surface area contributed by atoms with Crippen molar-refractivity contribution >= 4 is 5.95 Å². The van der Waals surface area contributed by atoms with E-state index < -0.39 is 0 Å². The van der Waals surface area contributed by atoms with E-state index in [4.69, 9.17) is 4.42 Å². The SMILES string of the molecule is CN(C)CCNc1ncc(-c2cc(-c3ccc4c(c3)CCC4N=O)c(-c3ccncc3)o2)cn1. The van der Waals surface area contributed by atoms with Gasteiger partial charge in [-0.15, -0.1) is 0 Å². The van der Waals surface area contributed by atoms with Crippen molar-refractivity contribution < 1.29 is 4.42 Å². The fourth-order valence-electron chi connectivity index (χ4n) is 4.28. The largest absolute Gasteiger partial charge is 0.455 e. The summed E-state index contributed by atoms with van der Waals surface area (Å²) in [6, 6.07) is 11.8. The van der Waals surface area contributed by atoms with Gasteiger partial charge in [0.2, 0.25) is 5.95 Å². The number of likely N-dealkylation sites (N-methyl/N-ethyl adjacent to an activating group) is 1. The summed E-state index contributed by atoms with van der Waals surface area (Å²) in [5.74, 6) is 2.03. The molecule has 0 amide bonds. The Morgan fingerprint density at radius 2 is 1.85 bits per heavy atom. The molecule has 0 saturated heterocycles. The minimum Gasteiger partial charge on any atom is -0.455 e. The van der Waals surface area contributed by atoms with Crippen molar-refractivity contribution in [3.63, 3.8) is 0 Å². The van der Waals surface area contributed by atoms with Crippen molar-refractivity contribution in [2.24, 2.45) is 5.18 Å². The average molecular weight is 455 g/mol. The second-order valence-corrected chi connectivity index (χ2v) is 8.69. The van der Waals surface area contributed by atoms with Crippen molar-refractivity contribution in [2.75, 3.05) is 32.5 Å². The minimum atomic E-state index is -0.245. The van der Waals surface area contributed by atoms with Crippen molar-refractivity contribution in [3.8, 4) is 33.8 Å². The van der Waals surface area contributed by atoms with Crippen molar-refractivity contribution in [1.29, 1.82) is 0 Å². The van der Waals surface area contributed by atoms with Crippen LogP contribution in [0.3, 0.4) is 0 Å². The highest BCUT2D eigenvalue weighted by Crippen LogP contribution is 2.41. The van der Waals surface area contributed by atoms with Crippen LogP contribution in [0.2, 0.25) is 0 Å². The summed E-state index contributed by atoms with van der Waals surface area (Å²) in [5, 5.41) is 6.50. The van der Waals surface area contributed by atoms with Gasteiger partial charge in [-0.05, 0) is 61.8 Å². The van der Waals surface area contributed by atoms with E-state index in [-0.39, 0.29) is 6.04 Å². The van der Waals surface area contributed by atoms with Crippen LogP contribution in [0.25, 0.3) is 33.8 Å². The van der Waals surface area contributed by atoms with Crippen LogP contribution in [-0.4, -0.2) is 47.0 Å². The highest BCUT2D eigenvalue weighted by molar-refractivity contribution is 5.84. The fraction of sp³-hybridized carbons (Fsp3) is 0.269. The van der Waals surface area contributed by atoms with E-state index in [1.807, 2.05) is 44.4 Å². The maximum atomic E-state index is 11.1. The van der Waals surface area contributed by atoms with Gasteiger partial charge in [0.05, 0.1) is 5.56 Å². The fourth-order valence-corrected chi connectivity index (χ4v) is 4.28. The lowest BCUT2D eigenvalue weighted by molar-refractivity contribution is 0.425. The molecule has 1 aliphatic rings. The smallest absolute Gasteiger partial charge is 0.222 e. The van der Waals surface area contributed by atoms with Gasteiger partial charge in [-0.25, -0.2) is 9.97 Å². The van der Waals surface area contributed by atoms with E-state index >= 15 is 0 Å². The Labute approximate surface area is 198 Å². The Bertz CT molecular complexity index is 1280. The molecule has 0 spiro atoms. The normalized spacial score (nSPS) is 14.9. The number of benzene rings is 1. The van der Waals surface area contributed by atoms with E-state index in [1.54, 1.807) is 24.8 Å². The van der Waals surface area contributed by atoms with Crippen LogP contribution in [0.4, 0.5) is 5.95 Å². The maximum Gasteiger partial charge on any atom is 0.222 e. The molecule has 1 aromatic carbocycles. The number of furan rings is 1. The van der Waals surface area contributed by atoms with E-state index in [0.717, 1.165) is 59.5 Å². The lowest BCUT2D eigenvalue weighted by atomic mass is 9.98. The van der Waals surface area contributed by atoms with E-state index in [9.17, 15) is 4.91 Å². The molecule has 0 fully saturated rings. The second kappa shape index (κ2) is 9.52. The number of fused-ring (bicyclic) bond motifs is 1. The standard InChI is InChI=1S/C26H26N6O2/c1-32(2)12-11-28-26-29-15-20(16-30-26)24-14-22(25(34-24)17-7-9-27-10-8-17)19-3-5-21-18(13-19)4-6-23(21)31-33/h3,5,7-10,13-16,23H,4,6,11-12H2,1-2H3,(H,28,29,30). The first-order valence-corrected chi connectivity index (χ1v) is 11.3. The van der Waals surface area contributed by atoms with E-state index in [2.05, 4.69) is 36.4 Å².